The summed E-state index contributed by atoms with van der Waals surface area (Å²) in [6, 6.07) is 21.1. The van der Waals surface area contributed by atoms with Crippen molar-refractivity contribution in [2.75, 3.05) is 7.11 Å². The zero-order valence-corrected chi connectivity index (χ0v) is 22.7. The second-order valence-corrected chi connectivity index (χ2v) is 10.8. The standard InChI is InChI=1S/C32H32N4O4/c1-18(2)27(31(38)33-17-19-9-8-10-20(15-19)40-3)35-30(37)26-16-24-21-11-6-7-14-25(21)34-28(24)29-22-12-4-5-13-23(22)32(39)36(26)29/h4-15,18,26-27,29,34H,16-17H2,1-3H3,(H,33,38)(H,35,37). The van der Waals surface area contributed by atoms with Gasteiger partial charge in [-0.25, -0.2) is 0 Å². The van der Waals surface area contributed by atoms with Gasteiger partial charge in [0.15, 0.2) is 0 Å². The summed E-state index contributed by atoms with van der Waals surface area (Å²) < 4.78 is 5.28. The van der Waals surface area contributed by atoms with Crippen molar-refractivity contribution in [1.82, 2.24) is 20.5 Å². The highest BCUT2D eigenvalue weighted by atomic mass is 16.5. The number of ether oxygens (including phenoxy) is 1. The van der Waals surface area contributed by atoms with E-state index < -0.39 is 18.1 Å². The van der Waals surface area contributed by atoms with Crippen LogP contribution in [0.1, 0.15) is 52.6 Å². The number of aromatic amines is 1. The quantitative estimate of drug-likeness (QED) is 0.331. The number of methoxy groups -OCH3 is 1. The van der Waals surface area contributed by atoms with Crippen molar-refractivity contribution >= 4 is 28.6 Å². The molecule has 2 aliphatic heterocycles. The lowest BCUT2D eigenvalue weighted by Crippen LogP contribution is -2.57. The molecular formula is C32H32N4O4. The van der Waals surface area contributed by atoms with E-state index in [0.29, 0.717) is 24.3 Å². The van der Waals surface area contributed by atoms with E-state index in [9.17, 15) is 14.4 Å². The third kappa shape index (κ3) is 4.29. The van der Waals surface area contributed by atoms with E-state index in [1.54, 1.807) is 12.0 Å². The van der Waals surface area contributed by atoms with Crippen LogP contribution in [0.3, 0.4) is 0 Å². The highest BCUT2D eigenvalue weighted by molar-refractivity contribution is 6.04. The Morgan fingerprint density at radius 3 is 2.62 bits per heavy atom. The molecule has 3 atom stereocenters. The smallest absolute Gasteiger partial charge is 0.255 e. The predicted molar refractivity (Wildman–Crippen MR) is 152 cm³/mol. The third-order valence-electron chi connectivity index (χ3n) is 8.00. The molecule has 3 aromatic carbocycles. The van der Waals surface area contributed by atoms with Crippen LogP contribution in [0.2, 0.25) is 0 Å². The fraction of sp³-hybridized carbons (Fsp3) is 0.281. The van der Waals surface area contributed by atoms with E-state index in [1.165, 1.54) is 0 Å². The summed E-state index contributed by atoms with van der Waals surface area (Å²) in [5, 5.41) is 6.99. The molecular weight excluding hydrogens is 504 g/mol. The van der Waals surface area contributed by atoms with E-state index in [1.807, 2.05) is 86.6 Å². The first-order chi connectivity index (χ1) is 19.4. The Hall–Kier alpha value is -4.59. The minimum absolute atomic E-state index is 0.163. The van der Waals surface area contributed by atoms with Crippen molar-refractivity contribution < 1.29 is 19.1 Å². The monoisotopic (exact) mass is 536 g/mol. The van der Waals surface area contributed by atoms with Crippen LogP contribution in [0.15, 0.2) is 72.8 Å². The summed E-state index contributed by atoms with van der Waals surface area (Å²) in [6.07, 6.45) is 0.359. The van der Waals surface area contributed by atoms with Gasteiger partial charge in [0.2, 0.25) is 11.8 Å². The molecule has 3 unspecified atom stereocenters. The van der Waals surface area contributed by atoms with Gasteiger partial charge in [0, 0.05) is 35.1 Å². The molecule has 0 radical (unpaired) electrons. The van der Waals surface area contributed by atoms with Crippen LogP contribution >= 0.6 is 0 Å². The number of hydrogen-bond acceptors (Lipinski definition) is 4. The molecule has 0 saturated carbocycles. The number of para-hydroxylation sites is 1. The lowest BCUT2D eigenvalue weighted by Gasteiger charge is -2.38. The number of carbonyl (C=O) groups excluding carboxylic acids is 3. The number of nitrogens with zero attached hydrogens (tertiary/aromatic N) is 1. The highest BCUT2D eigenvalue weighted by Gasteiger charge is 2.49. The minimum Gasteiger partial charge on any atom is -0.497 e. The van der Waals surface area contributed by atoms with Gasteiger partial charge in [0.1, 0.15) is 17.8 Å². The number of carbonyl (C=O) groups is 3. The van der Waals surface area contributed by atoms with Gasteiger partial charge in [-0.3, -0.25) is 14.4 Å². The van der Waals surface area contributed by atoms with Crippen LogP contribution in [-0.2, 0) is 22.6 Å². The SMILES string of the molecule is COc1cccc(CNC(=O)C(NC(=O)C2Cc3c([nH]c4ccccc34)C3c4ccccc4C(=O)N23)C(C)C)c1. The molecule has 3 heterocycles. The fourth-order valence-corrected chi connectivity index (χ4v) is 6.00. The van der Waals surface area contributed by atoms with Crippen LogP contribution in [0.4, 0.5) is 0 Å². The zero-order chi connectivity index (χ0) is 28.0. The Balaban J connectivity index is 1.29. The molecule has 3 N–H and O–H groups in total. The average Bonchev–Trinajstić information content (AvgIpc) is 3.49. The van der Waals surface area contributed by atoms with Gasteiger partial charge in [0.05, 0.1) is 13.2 Å². The molecule has 8 heteroatoms. The molecule has 0 aliphatic carbocycles. The highest BCUT2D eigenvalue weighted by Crippen LogP contribution is 2.46. The van der Waals surface area contributed by atoms with Crippen LogP contribution in [0.5, 0.6) is 5.75 Å². The molecule has 2 aliphatic rings. The van der Waals surface area contributed by atoms with Crippen LogP contribution < -0.4 is 15.4 Å². The number of H-pyrrole nitrogens is 1. The summed E-state index contributed by atoms with van der Waals surface area (Å²) in [6.45, 7) is 4.10. The first-order valence-electron chi connectivity index (χ1n) is 13.6. The van der Waals surface area contributed by atoms with E-state index in [0.717, 1.165) is 33.3 Å². The van der Waals surface area contributed by atoms with Gasteiger partial charge in [-0.05, 0) is 46.9 Å². The molecule has 3 amide bonds. The van der Waals surface area contributed by atoms with E-state index in [-0.39, 0.29) is 23.6 Å². The molecule has 0 spiro atoms. The van der Waals surface area contributed by atoms with Crippen molar-refractivity contribution in [1.29, 1.82) is 0 Å². The van der Waals surface area contributed by atoms with Gasteiger partial charge < -0.3 is 25.3 Å². The molecule has 0 saturated heterocycles. The molecule has 0 bridgehead atoms. The number of fused-ring (bicyclic) bond motifs is 7. The topological polar surface area (TPSA) is 104 Å². The number of aromatic nitrogens is 1. The molecule has 1 aromatic heterocycles. The largest absolute Gasteiger partial charge is 0.497 e. The second-order valence-electron chi connectivity index (χ2n) is 10.8. The van der Waals surface area contributed by atoms with Crippen LogP contribution in [0, 0.1) is 5.92 Å². The molecule has 0 fully saturated rings. The summed E-state index contributed by atoms with van der Waals surface area (Å²) >= 11 is 0. The lowest BCUT2D eigenvalue weighted by atomic mass is 9.89. The minimum atomic E-state index is -0.763. The van der Waals surface area contributed by atoms with E-state index in [2.05, 4.69) is 15.6 Å². The second kappa shape index (κ2) is 10.2. The maximum Gasteiger partial charge on any atom is 0.255 e. The number of rotatable bonds is 7. The van der Waals surface area contributed by atoms with Crippen molar-refractivity contribution in [2.24, 2.45) is 5.92 Å². The summed E-state index contributed by atoms with van der Waals surface area (Å²) in [7, 11) is 1.60. The molecule has 4 aromatic rings. The van der Waals surface area contributed by atoms with Crippen molar-refractivity contribution in [3.05, 3.63) is 101 Å². The lowest BCUT2D eigenvalue weighted by molar-refractivity contribution is -0.133. The number of hydrogen-bond donors (Lipinski definition) is 3. The molecule has 6 rings (SSSR count). The normalized spacial score (nSPS) is 18.2. The Morgan fingerprint density at radius 2 is 1.82 bits per heavy atom. The Morgan fingerprint density at radius 1 is 1.05 bits per heavy atom. The van der Waals surface area contributed by atoms with E-state index >= 15 is 0 Å². The van der Waals surface area contributed by atoms with E-state index in [4.69, 9.17) is 4.74 Å². The van der Waals surface area contributed by atoms with Crippen molar-refractivity contribution in [2.45, 2.75) is 44.9 Å². The average molecular weight is 537 g/mol. The molecule has 204 valence electrons. The summed E-state index contributed by atoms with van der Waals surface area (Å²) in [5.41, 5.74) is 5.33. The number of nitrogens with one attached hydrogen (secondary N) is 3. The predicted octanol–water partition coefficient (Wildman–Crippen LogP) is 4.10. The maximum atomic E-state index is 14.0. The Labute approximate surface area is 232 Å². The number of amides is 3. The molecule has 8 nitrogen and oxygen atoms in total. The first-order valence-corrected chi connectivity index (χ1v) is 13.6. The number of benzene rings is 3. The molecule has 40 heavy (non-hydrogen) atoms. The maximum absolute atomic E-state index is 14.0. The Bertz CT molecular complexity index is 1620. The Kier molecular flexibility index (Phi) is 6.54. The summed E-state index contributed by atoms with van der Waals surface area (Å²) in [4.78, 5) is 46.2. The fourth-order valence-electron chi connectivity index (χ4n) is 6.00. The van der Waals surface area contributed by atoms with Gasteiger partial charge in [-0.1, -0.05) is 62.4 Å². The van der Waals surface area contributed by atoms with Gasteiger partial charge in [0.25, 0.3) is 5.91 Å². The van der Waals surface area contributed by atoms with Gasteiger partial charge >= 0.3 is 0 Å². The van der Waals surface area contributed by atoms with Crippen molar-refractivity contribution in [3.63, 3.8) is 0 Å². The third-order valence-corrected chi connectivity index (χ3v) is 8.00. The van der Waals surface area contributed by atoms with Crippen LogP contribution in [-0.4, -0.2) is 46.8 Å². The van der Waals surface area contributed by atoms with Crippen LogP contribution in [0.25, 0.3) is 10.9 Å². The van der Waals surface area contributed by atoms with Crippen molar-refractivity contribution in [3.8, 4) is 5.75 Å². The summed E-state index contributed by atoms with van der Waals surface area (Å²) in [5.74, 6) is -0.239. The van der Waals surface area contributed by atoms with Gasteiger partial charge in [-0.2, -0.15) is 0 Å². The van der Waals surface area contributed by atoms with Gasteiger partial charge in [-0.15, -0.1) is 0 Å². The first kappa shape index (κ1) is 25.7. The zero-order valence-electron chi connectivity index (χ0n) is 22.7.